The highest BCUT2D eigenvalue weighted by molar-refractivity contribution is 7.99. The zero-order valence-electron chi connectivity index (χ0n) is 26.5. The molecule has 3 atom stereocenters. The Morgan fingerprint density at radius 2 is 1.41 bits per heavy atom. The fraction of sp³-hybridized carbons (Fsp3) is 0.179. The highest BCUT2D eigenvalue weighted by Gasteiger charge is 2.32. The van der Waals surface area contributed by atoms with Crippen molar-refractivity contribution in [3.05, 3.63) is 155 Å². The normalized spacial score (nSPS) is 17.2. The first-order valence-corrected chi connectivity index (χ1v) is 16.8. The minimum absolute atomic E-state index is 0.0297. The van der Waals surface area contributed by atoms with Gasteiger partial charge in [-0.1, -0.05) is 66.7 Å². The van der Waals surface area contributed by atoms with Gasteiger partial charge in [0.05, 0.1) is 24.4 Å². The molecule has 0 saturated carbocycles. The van der Waals surface area contributed by atoms with E-state index in [1.165, 1.54) is 0 Å². The van der Waals surface area contributed by atoms with Crippen molar-refractivity contribution < 1.29 is 34.0 Å². The third-order valence-corrected chi connectivity index (χ3v) is 9.09. The van der Waals surface area contributed by atoms with Gasteiger partial charge < -0.3 is 35.1 Å². The molecule has 1 saturated heterocycles. The summed E-state index contributed by atoms with van der Waals surface area (Å²) in [5.74, 6) is 1.11. The Morgan fingerprint density at radius 1 is 0.755 bits per heavy atom. The summed E-state index contributed by atoms with van der Waals surface area (Å²) >= 11 is 1.60. The molecule has 1 fully saturated rings. The number of carbonyl (C=O) groups is 2. The maximum absolute atomic E-state index is 12.6. The number of anilines is 1. The summed E-state index contributed by atoms with van der Waals surface area (Å²) in [4.78, 5) is 24.8. The van der Waals surface area contributed by atoms with Gasteiger partial charge in [-0.05, 0) is 77.4 Å². The first-order chi connectivity index (χ1) is 23.9. The SMILES string of the molecule is O=C(NCc1ccc([C@H]2O[C@@H](CSc3ccc(C(=O)O)cc3)C[C@@H](c3ccc(CO)cc3)O2)cc1)Nc1ccc(Oc2ccccc2)cc1. The Balaban J connectivity index is 1.05. The molecule has 5 aromatic carbocycles. The van der Waals surface area contributed by atoms with Crippen LogP contribution in [0.2, 0.25) is 0 Å². The highest BCUT2D eigenvalue weighted by atomic mass is 32.2. The van der Waals surface area contributed by atoms with Crippen LogP contribution in [0.1, 0.15) is 51.4 Å². The number of benzene rings is 5. The Bertz CT molecular complexity index is 1820. The standard InChI is InChI=1S/C39H36N2O7S/c42-24-27-8-10-28(11-9-27)36-22-34(25-49-35-20-14-29(15-21-35)37(43)44)47-38(48-36)30-12-6-26(7-13-30)23-40-39(45)41-31-16-18-33(19-17-31)46-32-4-2-1-3-5-32/h1-21,34,36,38,42H,22-25H2,(H,43,44)(H2,40,41,45)/t34-,36+,38+/m1/s1. The smallest absolute Gasteiger partial charge is 0.335 e. The van der Waals surface area contributed by atoms with Gasteiger partial charge in [-0.15, -0.1) is 11.8 Å². The van der Waals surface area contributed by atoms with E-state index in [0.717, 1.165) is 32.9 Å². The molecule has 1 heterocycles. The zero-order valence-corrected chi connectivity index (χ0v) is 27.3. The number of hydrogen-bond donors (Lipinski definition) is 4. The Labute approximate surface area is 288 Å². The molecular formula is C39H36N2O7S. The van der Waals surface area contributed by atoms with Crippen LogP contribution in [0.3, 0.4) is 0 Å². The topological polar surface area (TPSA) is 126 Å². The van der Waals surface area contributed by atoms with Crippen molar-refractivity contribution in [3.63, 3.8) is 0 Å². The number of rotatable bonds is 12. The minimum atomic E-state index is -0.955. The quantitative estimate of drug-likeness (QED) is 0.0972. The fourth-order valence-corrected chi connectivity index (χ4v) is 6.21. The maximum Gasteiger partial charge on any atom is 0.335 e. The predicted octanol–water partition coefficient (Wildman–Crippen LogP) is 8.33. The third-order valence-electron chi connectivity index (χ3n) is 7.95. The number of thioether (sulfide) groups is 1. The molecule has 250 valence electrons. The molecule has 0 radical (unpaired) electrons. The van der Waals surface area contributed by atoms with E-state index in [1.807, 2.05) is 78.9 Å². The molecule has 0 spiro atoms. The lowest BCUT2D eigenvalue weighted by Crippen LogP contribution is -2.31. The number of carboxylic acids is 1. The van der Waals surface area contributed by atoms with E-state index in [0.29, 0.717) is 30.2 Å². The number of aromatic carboxylic acids is 1. The molecule has 6 rings (SSSR count). The number of nitrogens with one attached hydrogen (secondary N) is 2. The van der Waals surface area contributed by atoms with Crippen LogP contribution in [-0.4, -0.2) is 34.1 Å². The number of carbonyl (C=O) groups excluding carboxylic acids is 1. The number of aliphatic hydroxyl groups is 1. The van der Waals surface area contributed by atoms with Crippen molar-refractivity contribution in [3.8, 4) is 11.5 Å². The van der Waals surface area contributed by atoms with Gasteiger partial charge in [0.2, 0.25) is 0 Å². The van der Waals surface area contributed by atoms with Crippen molar-refractivity contribution in [2.24, 2.45) is 0 Å². The largest absolute Gasteiger partial charge is 0.478 e. The van der Waals surface area contributed by atoms with Gasteiger partial charge in [0, 0.05) is 34.9 Å². The lowest BCUT2D eigenvalue weighted by molar-refractivity contribution is -0.245. The molecule has 0 aromatic heterocycles. The van der Waals surface area contributed by atoms with Crippen LogP contribution in [0.15, 0.2) is 132 Å². The maximum atomic E-state index is 12.6. The average Bonchev–Trinajstić information content (AvgIpc) is 3.14. The number of amides is 2. The van der Waals surface area contributed by atoms with Crippen LogP contribution in [0, 0.1) is 0 Å². The van der Waals surface area contributed by atoms with Gasteiger partial charge in [-0.3, -0.25) is 0 Å². The molecule has 4 N–H and O–H groups in total. The Hall–Kier alpha value is -5.13. The molecule has 10 heteroatoms. The molecule has 2 amide bonds. The number of para-hydroxylation sites is 1. The highest BCUT2D eigenvalue weighted by Crippen LogP contribution is 2.39. The van der Waals surface area contributed by atoms with E-state index in [-0.39, 0.29) is 30.4 Å². The second-order valence-electron chi connectivity index (χ2n) is 11.5. The number of ether oxygens (including phenoxy) is 3. The molecule has 49 heavy (non-hydrogen) atoms. The van der Waals surface area contributed by atoms with Gasteiger partial charge in [0.15, 0.2) is 6.29 Å². The van der Waals surface area contributed by atoms with Gasteiger partial charge in [0.25, 0.3) is 0 Å². The Kier molecular flexibility index (Phi) is 11.2. The summed E-state index contributed by atoms with van der Waals surface area (Å²) in [6.07, 6.45) is -0.352. The molecule has 5 aromatic rings. The van der Waals surface area contributed by atoms with Crippen LogP contribution in [0.5, 0.6) is 11.5 Å². The van der Waals surface area contributed by atoms with Gasteiger partial charge in [-0.2, -0.15) is 0 Å². The molecule has 0 aliphatic carbocycles. The van der Waals surface area contributed by atoms with E-state index < -0.39 is 12.3 Å². The van der Waals surface area contributed by atoms with Crippen molar-refractivity contribution in [1.29, 1.82) is 0 Å². The average molecular weight is 677 g/mol. The summed E-state index contributed by atoms with van der Waals surface area (Å²) < 4.78 is 18.7. The third kappa shape index (κ3) is 9.49. The van der Waals surface area contributed by atoms with Crippen molar-refractivity contribution >= 4 is 29.4 Å². The molecule has 0 bridgehead atoms. The summed E-state index contributed by atoms with van der Waals surface area (Å²) in [6.45, 7) is 0.297. The van der Waals surface area contributed by atoms with Gasteiger partial charge >= 0.3 is 12.0 Å². The first kappa shape index (κ1) is 33.8. The Morgan fingerprint density at radius 3 is 2.08 bits per heavy atom. The second-order valence-corrected chi connectivity index (χ2v) is 12.6. The molecular weight excluding hydrogens is 641 g/mol. The lowest BCUT2D eigenvalue weighted by Gasteiger charge is -2.36. The second kappa shape index (κ2) is 16.3. The van der Waals surface area contributed by atoms with E-state index in [1.54, 1.807) is 60.3 Å². The number of urea groups is 1. The molecule has 0 unspecified atom stereocenters. The van der Waals surface area contributed by atoms with Gasteiger partial charge in [0.1, 0.15) is 11.5 Å². The van der Waals surface area contributed by atoms with Crippen LogP contribution in [-0.2, 0) is 22.6 Å². The van der Waals surface area contributed by atoms with Crippen LogP contribution >= 0.6 is 11.8 Å². The molecule has 1 aliphatic rings. The summed E-state index contributed by atoms with van der Waals surface area (Å²) in [6, 6.07) is 38.6. The van der Waals surface area contributed by atoms with Crippen LogP contribution in [0.25, 0.3) is 0 Å². The van der Waals surface area contributed by atoms with Crippen LogP contribution < -0.4 is 15.4 Å². The fourth-order valence-electron chi connectivity index (χ4n) is 5.29. The van der Waals surface area contributed by atoms with Gasteiger partial charge in [-0.25, -0.2) is 9.59 Å². The van der Waals surface area contributed by atoms with Crippen molar-refractivity contribution in [1.82, 2.24) is 5.32 Å². The van der Waals surface area contributed by atoms with Crippen LogP contribution in [0.4, 0.5) is 10.5 Å². The number of carboxylic acid groups (broad SMARTS) is 1. The van der Waals surface area contributed by atoms with E-state index in [4.69, 9.17) is 14.2 Å². The zero-order chi connectivity index (χ0) is 34.0. The van der Waals surface area contributed by atoms with E-state index in [2.05, 4.69) is 10.6 Å². The van der Waals surface area contributed by atoms with Crippen molar-refractivity contribution in [2.45, 2.75) is 43.0 Å². The predicted molar refractivity (Wildman–Crippen MR) is 188 cm³/mol. The van der Waals surface area contributed by atoms with E-state index >= 15 is 0 Å². The summed E-state index contributed by atoms with van der Waals surface area (Å²) in [7, 11) is 0. The summed E-state index contributed by atoms with van der Waals surface area (Å²) in [5.41, 5.74) is 4.48. The van der Waals surface area contributed by atoms with Crippen molar-refractivity contribution in [2.75, 3.05) is 11.1 Å². The first-order valence-electron chi connectivity index (χ1n) is 15.9. The molecule has 9 nitrogen and oxygen atoms in total. The monoisotopic (exact) mass is 676 g/mol. The minimum Gasteiger partial charge on any atom is -0.478 e. The van der Waals surface area contributed by atoms with E-state index in [9.17, 15) is 19.8 Å². The number of hydrogen-bond acceptors (Lipinski definition) is 7. The summed E-state index contributed by atoms with van der Waals surface area (Å²) in [5, 5.41) is 24.4. The number of aliphatic hydroxyl groups excluding tert-OH is 1. The molecule has 1 aliphatic heterocycles. The lowest BCUT2D eigenvalue weighted by atomic mass is 10.0.